The van der Waals surface area contributed by atoms with Crippen molar-refractivity contribution in [2.24, 2.45) is 0 Å². The maximum Gasteiger partial charge on any atom is 0.355 e. The lowest BCUT2D eigenvalue weighted by atomic mass is 9.97. The van der Waals surface area contributed by atoms with E-state index in [-0.39, 0.29) is 43.1 Å². The number of esters is 1. The molecule has 2 unspecified atom stereocenters. The summed E-state index contributed by atoms with van der Waals surface area (Å²) >= 11 is 6.27. The molecule has 0 bridgehead atoms. The Kier molecular flexibility index (Phi) is 11.4. The number of rotatable bonds is 14. The molecule has 1 heterocycles. The zero-order valence-electron chi connectivity index (χ0n) is 23.4. The Morgan fingerprint density at radius 3 is 2.44 bits per heavy atom. The van der Waals surface area contributed by atoms with Crippen LogP contribution in [0, 0.1) is 0 Å². The average molecular weight is 554 g/mol. The molecule has 0 aliphatic heterocycles. The van der Waals surface area contributed by atoms with E-state index in [1.807, 2.05) is 44.2 Å². The molecule has 0 aliphatic carbocycles. The fraction of sp³-hybridized carbons (Fsp3) is 0.452. The molecule has 2 atom stereocenters. The molecule has 0 saturated carbocycles. The van der Waals surface area contributed by atoms with Crippen molar-refractivity contribution in [3.8, 4) is 0 Å². The molecule has 210 valence electrons. The summed E-state index contributed by atoms with van der Waals surface area (Å²) in [5.41, 5.74) is 2.04. The minimum Gasteiger partial charge on any atom is -0.461 e. The van der Waals surface area contributed by atoms with Crippen LogP contribution in [0.1, 0.15) is 93.9 Å². The number of hydrogen-bond donors (Lipinski definition) is 2. The molecule has 7 nitrogen and oxygen atoms in total. The minimum atomic E-state index is -1.06. The summed E-state index contributed by atoms with van der Waals surface area (Å²) in [5, 5.41) is 4.27. The Morgan fingerprint density at radius 2 is 1.77 bits per heavy atom. The van der Waals surface area contributed by atoms with E-state index in [1.165, 1.54) is 0 Å². The number of aromatic nitrogens is 1. The smallest absolute Gasteiger partial charge is 0.355 e. The molecule has 1 aromatic heterocycles. The quantitative estimate of drug-likeness (QED) is 0.167. The molecule has 0 spiro atoms. The second-order valence-electron chi connectivity index (χ2n) is 9.89. The van der Waals surface area contributed by atoms with Crippen LogP contribution in [0.2, 0.25) is 5.02 Å². The van der Waals surface area contributed by atoms with E-state index in [1.54, 1.807) is 30.0 Å². The standard InChI is InChI=1S/C31H40ClN3O4/c1-5-8-10-14-21(4)33-30(37)29(35(26(36)13-6-2)20-22-15-11-9-12-16-22)27-24-18-17-23(32)19-25(24)34-28(27)31(38)39-7-3/h9,11-12,15-19,21,29,34H,5-8,10,13-14,20H2,1-4H3,(H,33,37). The van der Waals surface area contributed by atoms with Crippen LogP contribution >= 0.6 is 11.6 Å². The van der Waals surface area contributed by atoms with Crippen molar-refractivity contribution in [2.75, 3.05) is 6.61 Å². The summed E-state index contributed by atoms with van der Waals surface area (Å²) in [5.74, 6) is -1.09. The van der Waals surface area contributed by atoms with E-state index in [9.17, 15) is 14.4 Å². The van der Waals surface area contributed by atoms with Crippen LogP contribution in [0.25, 0.3) is 10.9 Å². The summed E-state index contributed by atoms with van der Waals surface area (Å²) in [6.07, 6.45) is 4.87. The highest BCUT2D eigenvalue weighted by atomic mass is 35.5. The number of ether oxygens (including phenoxy) is 1. The molecule has 39 heavy (non-hydrogen) atoms. The maximum atomic E-state index is 14.2. The van der Waals surface area contributed by atoms with Crippen molar-refractivity contribution in [2.45, 2.75) is 84.8 Å². The lowest BCUT2D eigenvalue weighted by Gasteiger charge is -2.33. The molecule has 0 radical (unpaired) electrons. The summed E-state index contributed by atoms with van der Waals surface area (Å²) in [7, 11) is 0. The van der Waals surface area contributed by atoms with Gasteiger partial charge in [0.2, 0.25) is 11.8 Å². The highest BCUT2D eigenvalue weighted by Gasteiger charge is 2.37. The van der Waals surface area contributed by atoms with Gasteiger partial charge in [-0.1, -0.05) is 81.1 Å². The third-order valence-corrected chi connectivity index (χ3v) is 6.96. The van der Waals surface area contributed by atoms with Gasteiger partial charge in [0.1, 0.15) is 11.7 Å². The van der Waals surface area contributed by atoms with E-state index in [0.717, 1.165) is 31.2 Å². The maximum absolute atomic E-state index is 14.2. The Morgan fingerprint density at radius 1 is 1.03 bits per heavy atom. The van der Waals surface area contributed by atoms with Crippen LogP contribution in [-0.2, 0) is 20.9 Å². The van der Waals surface area contributed by atoms with Gasteiger partial charge in [-0.05, 0) is 44.4 Å². The van der Waals surface area contributed by atoms with Gasteiger partial charge in [0, 0.05) is 40.5 Å². The van der Waals surface area contributed by atoms with Gasteiger partial charge in [-0.2, -0.15) is 0 Å². The lowest BCUT2D eigenvalue weighted by molar-refractivity contribution is -0.142. The van der Waals surface area contributed by atoms with Gasteiger partial charge < -0.3 is 19.9 Å². The first kappa shape index (κ1) is 30.2. The van der Waals surface area contributed by atoms with Gasteiger partial charge in [-0.25, -0.2) is 4.79 Å². The normalized spacial score (nSPS) is 12.6. The second kappa shape index (κ2) is 14.7. The molecule has 0 aliphatic rings. The predicted octanol–water partition coefficient (Wildman–Crippen LogP) is 6.95. The Balaban J connectivity index is 2.20. The van der Waals surface area contributed by atoms with Crippen molar-refractivity contribution >= 4 is 40.3 Å². The summed E-state index contributed by atoms with van der Waals surface area (Å²) in [6.45, 7) is 8.15. The Bertz CT molecular complexity index is 1260. The topological polar surface area (TPSA) is 91.5 Å². The number of aromatic amines is 1. The van der Waals surface area contributed by atoms with E-state index < -0.39 is 12.0 Å². The van der Waals surface area contributed by atoms with Crippen LogP contribution in [-0.4, -0.2) is 40.3 Å². The van der Waals surface area contributed by atoms with Crippen LogP contribution in [0.4, 0.5) is 0 Å². The number of benzene rings is 2. The fourth-order valence-electron chi connectivity index (χ4n) is 4.82. The van der Waals surface area contributed by atoms with E-state index in [2.05, 4.69) is 17.2 Å². The third-order valence-electron chi connectivity index (χ3n) is 6.72. The highest BCUT2D eigenvalue weighted by Crippen LogP contribution is 2.35. The highest BCUT2D eigenvalue weighted by molar-refractivity contribution is 6.31. The molecule has 2 aromatic carbocycles. The molecule has 3 aromatic rings. The molecule has 2 N–H and O–H groups in total. The summed E-state index contributed by atoms with van der Waals surface area (Å²) < 4.78 is 5.37. The number of halogens is 1. The first-order valence-corrected chi connectivity index (χ1v) is 14.3. The van der Waals surface area contributed by atoms with Crippen molar-refractivity contribution in [3.63, 3.8) is 0 Å². The fourth-order valence-corrected chi connectivity index (χ4v) is 5.00. The lowest BCUT2D eigenvalue weighted by Crippen LogP contribution is -2.46. The van der Waals surface area contributed by atoms with Gasteiger partial charge in [-0.3, -0.25) is 9.59 Å². The molecule has 0 saturated heterocycles. The first-order valence-electron chi connectivity index (χ1n) is 13.9. The summed E-state index contributed by atoms with van der Waals surface area (Å²) in [6, 6.07) is 13.6. The number of nitrogens with one attached hydrogen (secondary N) is 2. The molecule has 3 rings (SSSR count). The van der Waals surface area contributed by atoms with Gasteiger partial charge in [0.15, 0.2) is 0 Å². The van der Waals surface area contributed by atoms with Gasteiger partial charge in [0.25, 0.3) is 0 Å². The van der Waals surface area contributed by atoms with Crippen molar-refractivity contribution in [1.29, 1.82) is 0 Å². The number of unbranched alkanes of at least 4 members (excludes halogenated alkanes) is 2. The number of H-pyrrole nitrogens is 1. The monoisotopic (exact) mass is 553 g/mol. The number of carbonyl (C=O) groups is 3. The van der Waals surface area contributed by atoms with Gasteiger partial charge in [0.05, 0.1) is 6.61 Å². The van der Waals surface area contributed by atoms with Crippen LogP contribution in [0.15, 0.2) is 48.5 Å². The summed E-state index contributed by atoms with van der Waals surface area (Å²) in [4.78, 5) is 45.8. The van der Waals surface area contributed by atoms with Crippen LogP contribution < -0.4 is 5.32 Å². The first-order chi connectivity index (χ1) is 18.8. The zero-order chi connectivity index (χ0) is 28.4. The molecule has 8 heteroatoms. The third kappa shape index (κ3) is 7.85. The Hall–Kier alpha value is -3.32. The molecule has 2 amide bonds. The second-order valence-corrected chi connectivity index (χ2v) is 10.3. The van der Waals surface area contributed by atoms with E-state index in [4.69, 9.17) is 16.3 Å². The van der Waals surface area contributed by atoms with E-state index in [0.29, 0.717) is 27.9 Å². The average Bonchev–Trinajstić information content (AvgIpc) is 3.27. The number of hydrogen-bond acceptors (Lipinski definition) is 4. The molecular weight excluding hydrogens is 514 g/mol. The van der Waals surface area contributed by atoms with Crippen molar-refractivity contribution in [1.82, 2.24) is 15.2 Å². The number of nitrogens with zero attached hydrogens (tertiary/aromatic N) is 1. The van der Waals surface area contributed by atoms with Crippen molar-refractivity contribution < 1.29 is 19.1 Å². The number of carbonyl (C=O) groups excluding carboxylic acids is 3. The van der Waals surface area contributed by atoms with Crippen LogP contribution in [0.3, 0.4) is 0 Å². The zero-order valence-corrected chi connectivity index (χ0v) is 24.1. The number of fused-ring (bicyclic) bond motifs is 1. The molecular formula is C31H40ClN3O4. The van der Waals surface area contributed by atoms with Gasteiger partial charge in [-0.15, -0.1) is 0 Å². The predicted molar refractivity (Wildman–Crippen MR) is 156 cm³/mol. The van der Waals surface area contributed by atoms with Crippen LogP contribution in [0.5, 0.6) is 0 Å². The SMILES string of the molecule is CCCCCC(C)NC(=O)C(c1c(C(=O)OCC)[nH]c2cc(Cl)ccc12)N(Cc1ccccc1)C(=O)CCC. The largest absolute Gasteiger partial charge is 0.461 e. The van der Waals surface area contributed by atoms with Gasteiger partial charge >= 0.3 is 5.97 Å². The number of amides is 2. The molecule has 0 fully saturated rings. The van der Waals surface area contributed by atoms with Crippen molar-refractivity contribution in [3.05, 3.63) is 70.4 Å². The van der Waals surface area contributed by atoms with E-state index >= 15 is 0 Å². The minimum absolute atomic E-state index is 0.0999. The Labute approximate surface area is 236 Å².